The summed E-state index contributed by atoms with van der Waals surface area (Å²) in [6.07, 6.45) is 1.65. The summed E-state index contributed by atoms with van der Waals surface area (Å²) in [7, 11) is 0. The molecule has 4 rings (SSSR count). The van der Waals surface area contributed by atoms with E-state index in [-0.39, 0.29) is 12.2 Å². The number of fused-ring (bicyclic) bond motifs is 1. The summed E-state index contributed by atoms with van der Waals surface area (Å²) in [6.45, 7) is 1.81. The van der Waals surface area contributed by atoms with Crippen molar-refractivity contribution >= 4 is 23.2 Å². The number of aliphatic carboxylic acids is 1. The fourth-order valence-corrected chi connectivity index (χ4v) is 3.64. The van der Waals surface area contributed by atoms with Crippen molar-refractivity contribution in [2.45, 2.75) is 13.3 Å². The zero-order chi connectivity index (χ0) is 22.1. The van der Waals surface area contributed by atoms with E-state index in [4.69, 9.17) is 4.74 Å². The standard InChI is InChI=1S/C25H17F3O3/c1-14-20(19-7-5-16(26)11-22(19)21(14)13-25(29)30)10-15-3-2-4-17(9-15)31-18-6-8-23(27)24(28)12-18/h2-12H,13H2,1H3,(H,29,30)/b20-10-. The number of hydrogen-bond acceptors (Lipinski definition) is 2. The maximum Gasteiger partial charge on any atom is 0.307 e. The van der Waals surface area contributed by atoms with Gasteiger partial charge in [-0.05, 0) is 82.8 Å². The number of ether oxygens (including phenoxy) is 1. The van der Waals surface area contributed by atoms with E-state index in [1.54, 1.807) is 24.3 Å². The van der Waals surface area contributed by atoms with Crippen LogP contribution < -0.4 is 4.74 Å². The molecule has 31 heavy (non-hydrogen) atoms. The molecule has 0 aromatic heterocycles. The van der Waals surface area contributed by atoms with Crippen molar-refractivity contribution in [3.63, 3.8) is 0 Å². The Bertz CT molecular complexity index is 1260. The summed E-state index contributed by atoms with van der Waals surface area (Å²) in [5.41, 5.74) is 4.19. The highest BCUT2D eigenvalue weighted by molar-refractivity contribution is 6.07. The lowest BCUT2D eigenvalue weighted by Crippen LogP contribution is -1.97. The summed E-state index contributed by atoms with van der Waals surface area (Å²) in [4.78, 5) is 11.3. The number of carboxylic acids is 1. The van der Waals surface area contributed by atoms with Crippen molar-refractivity contribution in [2.24, 2.45) is 0 Å². The number of rotatable bonds is 5. The second kappa shape index (κ2) is 8.14. The Morgan fingerprint density at radius 2 is 1.71 bits per heavy atom. The molecule has 0 spiro atoms. The van der Waals surface area contributed by atoms with E-state index in [9.17, 15) is 23.1 Å². The summed E-state index contributed by atoms with van der Waals surface area (Å²) in [5, 5.41) is 9.26. The molecule has 3 aromatic carbocycles. The van der Waals surface area contributed by atoms with E-state index in [1.165, 1.54) is 18.2 Å². The molecule has 1 N–H and O–H groups in total. The van der Waals surface area contributed by atoms with Crippen molar-refractivity contribution in [1.29, 1.82) is 0 Å². The monoisotopic (exact) mass is 422 g/mol. The minimum atomic E-state index is -1.00. The van der Waals surface area contributed by atoms with Gasteiger partial charge in [0.2, 0.25) is 0 Å². The molecule has 6 heteroatoms. The molecule has 1 aliphatic rings. The van der Waals surface area contributed by atoms with E-state index in [1.807, 2.05) is 19.1 Å². The van der Waals surface area contributed by atoms with Gasteiger partial charge in [-0.3, -0.25) is 4.79 Å². The number of allylic oxidation sites excluding steroid dienone is 2. The van der Waals surface area contributed by atoms with Crippen molar-refractivity contribution in [2.75, 3.05) is 0 Å². The Morgan fingerprint density at radius 3 is 2.45 bits per heavy atom. The van der Waals surface area contributed by atoms with Gasteiger partial charge in [0.25, 0.3) is 0 Å². The van der Waals surface area contributed by atoms with E-state index in [0.717, 1.165) is 34.4 Å². The topological polar surface area (TPSA) is 46.5 Å². The molecule has 156 valence electrons. The van der Waals surface area contributed by atoms with E-state index in [2.05, 4.69) is 0 Å². The van der Waals surface area contributed by atoms with Crippen molar-refractivity contribution in [3.8, 4) is 11.5 Å². The normalized spacial score (nSPS) is 14.1. The molecule has 0 saturated heterocycles. The van der Waals surface area contributed by atoms with Crippen LogP contribution in [-0.2, 0) is 4.79 Å². The molecule has 1 aliphatic carbocycles. The van der Waals surface area contributed by atoms with Gasteiger partial charge in [-0.1, -0.05) is 18.2 Å². The van der Waals surface area contributed by atoms with Gasteiger partial charge >= 0.3 is 5.97 Å². The molecule has 0 heterocycles. The first-order chi connectivity index (χ1) is 14.8. The van der Waals surface area contributed by atoms with Crippen molar-refractivity contribution in [1.82, 2.24) is 0 Å². The predicted octanol–water partition coefficient (Wildman–Crippen LogP) is 6.70. The van der Waals surface area contributed by atoms with Crippen LogP contribution in [-0.4, -0.2) is 11.1 Å². The zero-order valence-corrected chi connectivity index (χ0v) is 16.5. The number of carboxylic acid groups (broad SMARTS) is 1. The fraction of sp³-hybridized carbons (Fsp3) is 0.0800. The fourth-order valence-electron chi connectivity index (χ4n) is 3.64. The van der Waals surface area contributed by atoms with Crippen LogP contribution in [0, 0.1) is 17.5 Å². The molecule has 0 bridgehead atoms. The summed E-state index contributed by atoms with van der Waals surface area (Å²) < 4.78 is 46.0. The van der Waals surface area contributed by atoms with Gasteiger partial charge < -0.3 is 9.84 Å². The first kappa shape index (κ1) is 20.5. The van der Waals surface area contributed by atoms with Gasteiger partial charge in [0.1, 0.15) is 17.3 Å². The molecule has 0 aliphatic heterocycles. The summed E-state index contributed by atoms with van der Waals surface area (Å²) in [5.74, 6) is -2.81. The van der Waals surface area contributed by atoms with Crippen LogP contribution in [0.15, 0.2) is 66.2 Å². The number of hydrogen-bond donors (Lipinski definition) is 1. The lowest BCUT2D eigenvalue weighted by molar-refractivity contribution is -0.135. The molecule has 0 atom stereocenters. The highest BCUT2D eigenvalue weighted by Crippen LogP contribution is 2.44. The molecule has 0 fully saturated rings. The number of halogens is 3. The van der Waals surface area contributed by atoms with Gasteiger partial charge in [-0.25, -0.2) is 13.2 Å². The van der Waals surface area contributed by atoms with E-state index < -0.39 is 23.4 Å². The number of carbonyl (C=O) groups is 1. The summed E-state index contributed by atoms with van der Waals surface area (Å²) >= 11 is 0. The minimum absolute atomic E-state index is 0.158. The Labute approximate surface area is 176 Å². The van der Waals surface area contributed by atoms with Gasteiger partial charge in [0.15, 0.2) is 11.6 Å². The average Bonchev–Trinajstić information content (AvgIpc) is 2.96. The molecule has 3 aromatic rings. The molecular formula is C25H17F3O3. The molecular weight excluding hydrogens is 405 g/mol. The van der Waals surface area contributed by atoms with Crippen molar-refractivity contribution < 1.29 is 27.8 Å². The second-order valence-corrected chi connectivity index (χ2v) is 7.17. The Hall–Kier alpha value is -3.80. The predicted molar refractivity (Wildman–Crippen MR) is 112 cm³/mol. The van der Waals surface area contributed by atoms with Gasteiger partial charge in [0, 0.05) is 6.07 Å². The third kappa shape index (κ3) is 4.23. The Kier molecular flexibility index (Phi) is 5.38. The Morgan fingerprint density at radius 1 is 0.935 bits per heavy atom. The largest absolute Gasteiger partial charge is 0.481 e. The highest BCUT2D eigenvalue weighted by atomic mass is 19.2. The van der Waals surface area contributed by atoms with Crippen LogP contribution in [0.1, 0.15) is 30.0 Å². The third-order valence-electron chi connectivity index (χ3n) is 5.08. The van der Waals surface area contributed by atoms with Gasteiger partial charge in [-0.15, -0.1) is 0 Å². The van der Waals surface area contributed by atoms with Gasteiger partial charge in [0.05, 0.1) is 6.42 Å². The highest BCUT2D eigenvalue weighted by Gasteiger charge is 2.25. The van der Waals surface area contributed by atoms with Crippen LogP contribution in [0.3, 0.4) is 0 Å². The van der Waals surface area contributed by atoms with Crippen molar-refractivity contribution in [3.05, 3.63) is 100 Å². The first-order valence-corrected chi connectivity index (χ1v) is 9.48. The lowest BCUT2D eigenvalue weighted by atomic mass is 10.0. The smallest absolute Gasteiger partial charge is 0.307 e. The lowest BCUT2D eigenvalue weighted by Gasteiger charge is -2.08. The quantitative estimate of drug-likeness (QED) is 0.498. The maximum absolute atomic E-state index is 13.8. The molecule has 0 radical (unpaired) electrons. The molecule has 0 amide bonds. The first-order valence-electron chi connectivity index (χ1n) is 9.48. The average molecular weight is 422 g/mol. The third-order valence-corrected chi connectivity index (χ3v) is 5.08. The SMILES string of the molecule is CC1=C(CC(=O)O)c2cc(F)ccc2/C1=C\c1cccc(Oc2ccc(F)c(F)c2)c1. The van der Waals surface area contributed by atoms with Crippen LogP contribution in [0.2, 0.25) is 0 Å². The summed E-state index contributed by atoms with van der Waals surface area (Å²) in [6, 6.07) is 14.6. The Balaban J connectivity index is 1.71. The molecule has 0 saturated carbocycles. The van der Waals surface area contributed by atoms with Crippen LogP contribution in [0.5, 0.6) is 11.5 Å². The minimum Gasteiger partial charge on any atom is -0.481 e. The zero-order valence-electron chi connectivity index (χ0n) is 16.5. The van der Waals surface area contributed by atoms with E-state index >= 15 is 0 Å². The maximum atomic E-state index is 13.8. The van der Waals surface area contributed by atoms with Gasteiger partial charge in [-0.2, -0.15) is 0 Å². The van der Waals surface area contributed by atoms with Crippen LogP contribution >= 0.6 is 0 Å². The van der Waals surface area contributed by atoms with Crippen LogP contribution in [0.25, 0.3) is 17.2 Å². The van der Waals surface area contributed by atoms with E-state index in [0.29, 0.717) is 16.9 Å². The second-order valence-electron chi connectivity index (χ2n) is 7.17. The molecule has 0 unspecified atom stereocenters. The number of benzene rings is 3. The molecule has 3 nitrogen and oxygen atoms in total. The van der Waals surface area contributed by atoms with Crippen LogP contribution in [0.4, 0.5) is 13.2 Å².